The first-order valence-corrected chi connectivity index (χ1v) is 11.8. The van der Waals surface area contributed by atoms with E-state index in [0.29, 0.717) is 11.4 Å². The second-order valence-electron chi connectivity index (χ2n) is 7.40. The number of sulfone groups is 1. The lowest BCUT2D eigenvalue weighted by Crippen LogP contribution is -2.28. The molecule has 0 unspecified atom stereocenters. The maximum absolute atomic E-state index is 12.9. The van der Waals surface area contributed by atoms with Crippen molar-refractivity contribution in [1.82, 2.24) is 0 Å². The van der Waals surface area contributed by atoms with Gasteiger partial charge in [-0.1, -0.05) is 19.1 Å². The van der Waals surface area contributed by atoms with Crippen LogP contribution in [-0.4, -0.2) is 31.2 Å². The monoisotopic (exact) mass is 432 g/mol. The van der Waals surface area contributed by atoms with E-state index in [1.54, 1.807) is 19.9 Å². The molecule has 2 amide bonds. The van der Waals surface area contributed by atoms with Crippen molar-refractivity contribution in [2.24, 2.45) is 5.92 Å². The number of hydrogen-bond donors (Lipinski definition) is 2. The molecule has 0 radical (unpaired) electrons. The SMILES string of the molecule is Cc1ccc(C)c(NC(=O)[C@H](C)CS(=O)(=O)c2ccc3c(c2)NC(=O)[C@H](C)S3)c1. The van der Waals surface area contributed by atoms with Crippen LogP contribution in [0.2, 0.25) is 0 Å². The lowest BCUT2D eigenvalue weighted by molar-refractivity contribution is -0.119. The van der Waals surface area contributed by atoms with Gasteiger partial charge < -0.3 is 10.6 Å². The third-order valence-electron chi connectivity index (χ3n) is 4.81. The van der Waals surface area contributed by atoms with Gasteiger partial charge in [0.1, 0.15) is 0 Å². The van der Waals surface area contributed by atoms with Gasteiger partial charge in [0.15, 0.2) is 9.84 Å². The highest BCUT2D eigenvalue weighted by atomic mass is 32.2. The molecule has 2 aromatic rings. The zero-order valence-corrected chi connectivity index (χ0v) is 18.4. The van der Waals surface area contributed by atoms with Gasteiger partial charge in [-0.15, -0.1) is 11.8 Å². The molecule has 0 spiro atoms. The lowest BCUT2D eigenvalue weighted by atomic mass is 10.1. The van der Waals surface area contributed by atoms with Gasteiger partial charge >= 0.3 is 0 Å². The summed E-state index contributed by atoms with van der Waals surface area (Å²) in [5, 5.41) is 5.34. The molecule has 3 rings (SSSR count). The minimum atomic E-state index is -3.70. The van der Waals surface area contributed by atoms with Gasteiger partial charge in [-0.2, -0.15) is 0 Å². The van der Waals surface area contributed by atoms with Crippen LogP contribution >= 0.6 is 11.8 Å². The zero-order valence-electron chi connectivity index (χ0n) is 16.8. The first-order chi connectivity index (χ1) is 13.6. The number of aryl methyl sites for hydroxylation is 2. The van der Waals surface area contributed by atoms with Crippen molar-refractivity contribution in [3.63, 3.8) is 0 Å². The van der Waals surface area contributed by atoms with E-state index in [1.165, 1.54) is 23.9 Å². The molecule has 0 bridgehead atoms. The van der Waals surface area contributed by atoms with Gasteiger partial charge in [-0.05, 0) is 56.2 Å². The summed E-state index contributed by atoms with van der Waals surface area (Å²) in [4.78, 5) is 25.4. The maximum Gasteiger partial charge on any atom is 0.237 e. The first kappa shape index (κ1) is 21.4. The largest absolute Gasteiger partial charge is 0.326 e. The molecule has 0 fully saturated rings. The summed E-state index contributed by atoms with van der Waals surface area (Å²) in [6, 6.07) is 10.4. The van der Waals surface area contributed by atoms with Crippen LogP contribution in [0.3, 0.4) is 0 Å². The number of carbonyl (C=O) groups excluding carboxylic acids is 2. The van der Waals surface area contributed by atoms with E-state index in [4.69, 9.17) is 0 Å². The van der Waals surface area contributed by atoms with E-state index in [2.05, 4.69) is 10.6 Å². The van der Waals surface area contributed by atoms with E-state index < -0.39 is 15.8 Å². The van der Waals surface area contributed by atoms with Crippen LogP contribution in [-0.2, 0) is 19.4 Å². The summed E-state index contributed by atoms with van der Waals surface area (Å²) in [6.07, 6.45) is 0. The van der Waals surface area contributed by atoms with Crippen LogP contribution in [0.25, 0.3) is 0 Å². The number of benzene rings is 2. The molecular weight excluding hydrogens is 408 g/mol. The van der Waals surface area contributed by atoms with Crippen molar-refractivity contribution in [3.05, 3.63) is 47.5 Å². The van der Waals surface area contributed by atoms with Crippen LogP contribution < -0.4 is 10.6 Å². The Bertz CT molecular complexity index is 1080. The number of thioether (sulfide) groups is 1. The van der Waals surface area contributed by atoms with Crippen molar-refractivity contribution >= 4 is 44.8 Å². The van der Waals surface area contributed by atoms with E-state index in [1.807, 2.05) is 32.0 Å². The fraction of sp³-hybridized carbons (Fsp3) is 0.333. The van der Waals surface area contributed by atoms with Crippen molar-refractivity contribution in [3.8, 4) is 0 Å². The number of nitrogens with one attached hydrogen (secondary N) is 2. The predicted molar refractivity (Wildman–Crippen MR) is 116 cm³/mol. The molecule has 1 aliphatic heterocycles. The third kappa shape index (κ3) is 4.82. The Hall–Kier alpha value is -2.32. The zero-order chi connectivity index (χ0) is 21.3. The molecule has 2 atom stereocenters. The summed E-state index contributed by atoms with van der Waals surface area (Å²) in [7, 11) is -3.70. The van der Waals surface area contributed by atoms with Gasteiger partial charge in [0.25, 0.3) is 0 Å². The fourth-order valence-electron chi connectivity index (χ4n) is 3.01. The van der Waals surface area contributed by atoms with Gasteiger partial charge in [-0.25, -0.2) is 8.42 Å². The Morgan fingerprint density at radius 3 is 2.66 bits per heavy atom. The highest BCUT2D eigenvalue weighted by Gasteiger charge is 2.27. The number of amides is 2. The summed E-state index contributed by atoms with van der Waals surface area (Å²) in [5.74, 6) is -1.56. The Balaban J connectivity index is 1.75. The van der Waals surface area contributed by atoms with Crippen LogP contribution in [0.5, 0.6) is 0 Å². The molecule has 6 nitrogen and oxygen atoms in total. The Labute approximate surface area is 175 Å². The smallest absolute Gasteiger partial charge is 0.237 e. The molecule has 0 aliphatic carbocycles. The van der Waals surface area contributed by atoms with Crippen LogP contribution in [0.4, 0.5) is 11.4 Å². The minimum Gasteiger partial charge on any atom is -0.326 e. The van der Waals surface area contributed by atoms with Crippen LogP contribution in [0.15, 0.2) is 46.2 Å². The number of carbonyl (C=O) groups is 2. The molecule has 2 aromatic carbocycles. The number of rotatable bonds is 5. The average Bonchev–Trinajstić information content (AvgIpc) is 2.64. The Kier molecular flexibility index (Phi) is 6.05. The fourth-order valence-corrected chi connectivity index (χ4v) is 5.51. The normalized spacial score (nSPS) is 17.2. The van der Waals surface area contributed by atoms with E-state index in [-0.39, 0.29) is 27.7 Å². The predicted octanol–water partition coefficient (Wildman–Crippen LogP) is 3.78. The average molecular weight is 433 g/mol. The minimum absolute atomic E-state index is 0.0955. The van der Waals surface area contributed by atoms with E-state index >= 15 is 0 Å². The van der Waals surface area contributed by atoms with E-state index in [0.717, 1.165) is 16.0 Å². The summed E-state index contributed by atoms with van der Waals surface area (Å²) in [6.45, 7) is 7.20. The Morgan fingerprint density at radius 1 is 1.21 bits per heavy atom. The standard InChI is InChI=1S/C21H24N2O4S2/c1-12-5-6-13(2)17(9-12)22-20(24)14(3)11-29(26,27)16-7-8-19-18(10-16)23-21(25)15(4)28-19/h5-10,14-15H,11H2,1-4H3,(H,22,24)(H,23,25)/t14-,15+/m1/s1. The maximum atomic E-state index is 12.9. The molecule has 0 saturated heterocycles. The Morgan fingerprint density at radius 2 is 1.93 bits per heavy atom. The number of anilines is 2. The summed E-state index contributed by atoms with van der Waals surface area (Å²) in [5.41, 5.74) is 3.10. The van der Waals surface area contributed by atoms with Crippen molar-refractivity contribution < 1.29 is 18.0 Å². The second-order valence-corrected chi connectivity index (χ2v) is 10.8. The molecule has 1 heterocycles. The molecule has 0 saturated carbocycles. The van der Waals surface area contributed by atoms with Crippen molar-refractivity contribution in [1.29, 1.82) is 0 Å². The van der Waals surface area contributed by atoms with Gasteiger partial charge in [0.2, 0.25) is 11.8 Å². The third-order valence-corrected chi connectivity index (χ3v) is 7.90. The van der Waals surface area contributed by atoms with Crippen LogP contribution in [0.1, 0.15) is 25.0 Å². The van der Waals surface area contributed by atoms with Crippen LogP contribution in [0, 0.1) is 19.8 Å². The number of fused-ring (bicyclic) bond motifs is 1. The molecule has 0 aromatic heterocycles. The topological polar surface area (TPSA) is 92.3 Å². The highest BCUT2D eigenvalue weighted by molar-refractivity contribution is 8.01. The number of hydrogen-bond acceptors (Lipinski definition) is 5. The molecule has 1 aliphatic rings. The highest BCUT2D eigenvalue weighted by Crippen LogP contribution is 2.37. The van der Waals surface area contributed by atoms with Gasteiger partial charge in [0.05, 0.1) is 21.6 Å². The molecule has 154 valence electrons. The second kappa shape index (κ2) is 8.20. The first-order valence-electron chi connectivity index (χ1n) is 9.29. The molecule has 2 N–H and O–H groups in total. The van der Waals surface area contributed by atoms with Gasteiger partial charge in [0, 0.05) is 16.5 Å². The van der Waals surface area contributed by atoms with E-state index in [9.17, 15) is 18.0 Å². The molecule has 29 heavy (non-hydrogen) atoms. The molecular formula is C21H24N2O4S2. The van der Waals surface area contributed by atoms with Crippen molar-refractivity contribution in [2.75, 3.05) is 16.4 Å². The quantitative estimate of drug-likeness (QED) is 0.750. The molecule has 8 heteroatoms. The summed E-state index contributed by atoms with van der Waals surface area (Å²) < 4.78 is 25.7. The summed E-state index contributed by atoms with van der Waals surface area (Å²) >= 11 is 1.39. The van der Waals surface area contributed by atoms with Crippen molar-refractivity contribution in [2.45, 2.75) is 42.7 Å². The lowest BCUT2D eigenvalue weighted by Gasteiger charge is -2.22. The van der Waals surface area contributed by atoms with Gasteiger partial charge in [-0.3, -0.25) is 9.59 Å².